The molecule has 0 N–H and O–H groups in total. The Labute approximate surface area is 141 Å². The Morgan fingerprint density at radius 1 is 0.957 bits per heavy atom. The molecule has 1 heterocycles. The minimum absolute atomic E-state index is 0.280. The molecule has 1 aliphatic heterocycles. The van der Waals surface area contributed by atoms with E-state index in [2.05, 4.69) is 59.8 Å². The lowest BCUT2D eigenvalue weighted by atomic mass is 9.70. The molecule has 124 valence electrons. The lowest BCUT2D eigenvalue weighted by molar-refractivity contribution is 0.00578. The molecule has 2 nitrogen and oxygen atoms in total. The largest absolute Gasteiger partial charge is 0.495 e. The summed E-state index contributed by atoms with van der Waals surface area (Å²) in [5.74, 6) is 0. The number of hydrogen-bond acceptors (Lipinski definition) is 2. The van der Waals surface area contributed by atoms with E-state index in [1.165, 1.54) is 47.0 Å². The van der Waals surface area contributed by atoms with Gasteiger partial charge in [-0.15, -0.1) is 0 Å². The molecule has 1 saturated heterocycles. The van der Waals surface area contributed by atoms with Gasteiger partial charge in [-0.2, -0.15) is 0 Å². The van der Waals surface area contributed by atoms with Gasteiger partial charge < -0.3 is 9.31 Å². The summed E-state index contributed by atoms with van der Waals surface area (Å²) in [7, 11) is -0.280. The smallest absolute Gasteiger partial charge is 0.399 e. The highest BCUT2D eigenvalue weighted by Gasteiger charge is 2.52. The Bertz CT molecular complexity index is 627. The van der Waals surface area contributed by atoms with Crippen LogP contribution in [-0.2, 0) is 9.31 Å². The van der Waals surface area contributed by atoms with Gasteiger partial charge in [-0.05, 0) is 95.0 Å². The topological polar surface area (TPSA) is 18.5 Å². The number of rotatable bonds is 2. The maximum atomic E-state index is 6.37. The molecule has 0 atom stereocenters. The molecule has 3 rings (SSSR count). The first kappa shape index (κ1) is 16.8. The minimum Gasteiger partial charge on any atom is -0.399 e. The molecule has 0 bridgehead atoms. The van der Waals surface area contributed by atoms with E-state index >= 15 is 0 Å². The van der Waals surface area contributed by atoms with E-state index in [4.69, 9.17) is 9.31 Å². The van der Waals surface area contributed by atoms with Gasteiger partial charge in [0.05, 0.1) is 11.2 Å². The molecule has 0 unspecified atom stereocenters. The van der Waals surface area contributed by atoms with Crippen LogP contribution >= 0.6 is 0 Å². The van der Waals surface area contributed by atoms with E-state index in [-0.39, 0.29) is 18.3 Å². The number of aryl methyl sites for hydroxylation is 1. The Kier molecular flexibility index (Phi) is 4.22. The highest BCUT2D eigenvalue weighted by molar-refractivity contribution is 6.63. The second-order valence-corrected chi connectivity index (χ2v) is 8.03. The molecule has 1 fully saturated rings. The summed E-state index contributed by atoms with van der Waals surface area (Å²) < 4.78 is 12.7. The Hall–Kier alpha value is -1.06. The standard InChI is InChI=1S/C20H29BO2/c1-14-12-13-17(16-10-8-7-9-11-16)18(15(14)2)21-22-19(3,4)20(5,6)23-21/h10,12-13H,7-9,11H2,1-6H3. The predicted molar refractivity (Wildman–Crippen MR) is 98.1 cm³/mol. The van der Waals surface area contributed by atoms with Gasteiger partial charge in [-0.3, -0.25) is 0 Å². The van der Waals surface area contributed by atoms with Crippen LogP contribution in [0.25, 0.3) is 5.57 Å². The van der Waals surface area contributed by atoms with E-state index in [1.54, 1.807) is 0 Å². The molecule has 1 aliphatic carbocycles. The molecule has 1 aromatic rings. The molecular formula is C20H29BO2. The SMILES string of the molecule is Cc1ccc(C2=CCCCC2)c(B2OC(C)(C)C(C)(C)O2)c1C. The zero-order valence-electron chi connectivity index (χ0n) is 15.5. The van der Waals surface area contributed by atoms with Crippen molar-refractivity contribution in [1.29, 1.82) is 0 Å². The summed E-state index contributed by atoms with van der Waals surface area (Å²) in [4.78, 5) is 0. The molecule has 1 aromatic carbocycles. The van der Waals surface area contributed by atoms with Crippen molar-refractivity contribution in [1.82, 2.24) is 0 Å². The van der Waals surface area contributed by atoms with Gasteiger partial charge in [0, 0.05) is 0 Å². The van der Waals surface area contributed by atoms with Crippen LogP contribution in [0.3, 0.4) is 0 Å². The fourth-order valence-electron chi connectivity index (χ4n) is 3.46. The van der Waals surface area contributed by atoms with Crippen molar-refractivity contribution in [3.05, 3.63) is 34.9 Å². The molecule has 0 radical (unpaired) electrons. The summed E-state index contributed by atoms with van der Waals surface area (Å²) in [6.07, 6.45) is 7.34. The van der Waals surface area contributed by atoms with Crippen LogP contribution in [0.5, 0.6) is 0 Å². The van der Waals surface area contributed by atoms with Crippen LogP contribution in [0.1, 0.15) is 70.1 Å². The normalized spacial score (nSPS) is 23.0. The van der Waals surface area contributed by atoms with Gasteiger partial charge in [0.1, 0.15) is 0 Å². The highest BCUT2D eigenvalue weighted by Crippen LogP contribution is 2.38. The third-order valence-corrected chi connectivity index (χ3v) is 5.91. The third-order valence-electron chi connectivity index (χ3n) is 5.91. The monoisotopic (exact) mass is 312 g/mol. The maximum absolute atomic E-state index is 6.37. The second-order valence-electron chi connectivity index (χ2n) is 8.03. The van der Waals surface area contributed by atoms with Crippen LogP contribution < -0.4 is 5.46 Å². The van der Waals surface area contributed by atoms with E-state index in [9.17, 15) is 0 Å². The van der Waals surface area contributed by atoms with Gasteiger partial charge in [0.25, 0.3) is 0 Å². The first-order valence-electron chi connectivity index (χ1n) is 8.88. The van der Waals surface area contributed by atoms with E-state index in [0.717, 1.165) is 6.42 Å². The first-order chi connectivity index (χ1) is 10.7. The van der Waals surface area contributed by atoms with Crippen molar-refractivity contribution in [2.24, 2.45) is 0 Å². The lowest BCUT2D eigenvalue weighted by Gasteiger charge is -2.32. The summed E-state index contributed by atoms with van der Waals surface area (Å²) in [6.45, 7) is 12.9. The van der Waals surface area contributed by atoms with Crippen molar-refractivity contribution in [2.45, 2.75) is 78.4 Å². The van der Waals surface area contributed by atoms with Gasteiger partial charge in [-0.1, -0.05) is 18.2 Å². The van der Waals surface area contributed by atoms with Gasteiger partial charge >= 0.3 is 7.12 Å². The van der Waals surface area contributed by atoms with Gasteiger partial charge in [0.15, 0.2) is 0 Å². The van der Waals surface area contributed by atoms with Crippen LogP contribution in [0.4, 0.5) is 0 Å². The number of benzene rings is 1. The predicted octanol–water partition coefficient (Wildman–Crippen LogP) is 4.56. The lowest BCUT2D eigenvalue weighted by Crippen LogP contribution is -2.41. The Balaban J connectivity index is 2.08. The van der Waals surface area contributed by atoms with Crippen LogP contribution in [0.15, 0.2) is 18.2 Å². The molecule has 0 spiro atoms. The van der Waals surface area contributed by atoms with Gasteiger partial charge in [-0.25, -0.2) is 0 Å². The average Bonchev–Trinajstić information content (AvgIpc) is 2.70. The quantitative estimate of drug-likeness (QED) is 0.745. The van der Waals surface area contributed by atoms with E-state index in [1.807, 2.05) is 0 Å². The average molecular weight is 312 g/mol. The van der Waals surface area contributed by atoms with Crippen molar-refractivity contribution in [3.8, 4) is 0 Å². The molecule has 2 aliphatic rings. The Morgan fingerprint density at radius 2 is 1.61 bits per heavy atom. The number of hydrogen-bond donors (Lipinski definition) is 0. The van der Waals surface area contributed by atoms with Crippen molar-refractivity contribution >= 4 is 18.2 Å². The van der Waals surface area contributed by atoms with E-state index in [0.29, 0.717) is 0 Å². The van der Waals surface area contributed by atoms with Crippen molar-refractivity contribution in [3.63, 3.8) is 0 Å². The molecule has 0 aromatic heterocycles. The summed E-state index contributed by atoms with van der Waals surface area (Å²) in [5, 5.41) is 0. The fraction of sp³-hybridized carbons (Fsp3) is 0.600. The van der Waals surface area contributed by atoms with Crippen LogP contribution in [0, 0.1) is 13.8 Å². The summed E-state index contributed by atoms with van der Waals surface area (Å²) in [6, 6.07) is 4.49. The summed E-state index contributed by atoms with van der Waals surface area (Å²) in [5.41, 5.74) is 6.02. The molecule has 0 amide bonds. The van der Waals surface area contributed by atoms with Crippen molar-refractivity contribution < 1.29 is 9.31 Å². The molecule has 0 saturated carbocycles. The Morgan fingerprint density at radius 3 is 2.17 bits per heavy atom. The number of allylic oxidation sites excluding steroid dienone is 2. The molecule has 3 heteroatoms. The summed E-state index contributed by atoms with van der Waals surface area (Å²) >= 11 is 0. The highest BCUT2D eigenvalue weighted by atomic mass is 16.7. The molecular weight excluding hydrogens is 283 g/mol. The second kappa shape index (κ2) is 5.79. The molecule has 23 heavy (non-hydrogen) atoms. The minimum atomic E-state index is -0.300. The first-order valence-corrected chi connectivity index (χ1v) is 8.88. The zero-order valence-corrected chi connectivity index (χ0v) is 15.5. The van der Waals surface area contributed by atoms with Crippen molar-refractivity contribution in [2.75, 3.05) is 0 Å². The van der Waals surface area contributed by atoms with Crippen LogP contribution in [-0.4, -0.2) is 18.3 Å². The van der Waals surface area contributed by atoms with Crippen LogP contribution in [0.2, 0.25) is 0 Å². The maximum Gasteiger partial charge on any atom is 0.495 e. The van der Waals surface area contributed by atoms with E-state index < -0.39 is 0 Å². The zero-order chi connectivity index (χ0) is 16.8. The van der Waals surface area contributed by atoms with Gasteiger partial charge in [0.2, 0.25) is 0 Å². The fourth-order valence-corrected chi connectivity index (χ4v) is 3.46. The third kappa shape index (κ3) is 2.90.